The van der Waals surface area contributed by atoms with Crippen LogP contribution in [0.15, 0.2) is 16.9 Å². The first kappa shape index (κ1) is 16.2. The SMILES string of the molecule is CC[C@]1(O)CCC[C@H]2CN(C(=O)CCc3ccc(=O)[nH]n3)C[C@H]21. The Bertz CT molecular complexity index is 609. The third-order valence-corrected chi connectivity index (χ3v) is 5.61. The summed E-state index contributed by atoms with van der Waals surface area (Å²) in [7, 11) is 0. The van der Waals surface area contributed by atoms with Crippen LogP contribution in [0.4, 0.5) is 0 Å². The van der Waals surface area contributed by atoms with Gasteiger partial charge in [-0.15, -0.1) is 0 Å². The van der Waals surface area contributed by atoms with E-state index in [1.165, 1.54) is 6.07 Å². The normalized spacial score (nSPS) is 30.3. The van der Waals surface area contributed by atoms with Crippen LogP contribution >= 0.6 is 0 Å². The maximum Gasteiger partial charge on any atom is 0.264 e. The van der Waals surface area contributed by atoms with Gasteiger partial charge in [-0.1, -0.05) is 13.3 Å². The predicted octanol–water partition coefficient (Wildman–Crippen LogP) is 1.10. The van der Waals surface area contributed by atoms with Crippen molar-refractivity contribution in [3.8, 4) is 0 Å². The number of fused-ring (bicyclic) bond motifs is 1. The van der Waals surface area contributed by atoms with E-state index < -0.39 is 5.60 Å². The van der Waals surface area contributed by atoms with Crippen LogP contribution in [0.5, 0.6) is 0 Å². The lowest BCUT2D eigenvalue weighted by Crippen LogP contribution is -2.44. The summed E-state index contributed by atoms with van der Waals surface area (Å²) in [6.07, 6.45) is 4.70. The van der Waals surface area contributed by atoms with Gasteiger partial charge >= 0.3 is 0 Å². The summed E-state index contributed by atoms with van der Waals surface area (Å²) in [6, 6.07) is 3.09. The molecule has 2 fully saturated rings. The number of H-pyrrole nitrogens is 1. The van der Waals surface area contributed by atoms with E-state index >= 15 is 0 Å². The second-order valence-corrected chi connectivity index (χ2v) is 6.93. The van der Waals surface area contributed by atoms with Crippen molar-refractivity contribution in [3.63, 3.8) is 0 Å². The van der Waals surface area contributed by atoms with Gasteiger partial charge in [-0.05, 0) is 31.2 Å². The molecule has 0 spiro atoms. The Kier molecular flexibility index (Phi) is 4.53. The number of amides is 1. The molecule has 2 aliphatic rings. The van der Waals surface area contributed by atoms with Crippen molar-refractivity contribution in [1.82, 2.24) is 15.1 Å². The molecule has 1 amide bonds. The quantitative estimate of drug-likeness (QED) is 0.870. The lowest BCUT2D eigenvalue weighted by molar-refractivity contribution is -0.130. The van der Waals surface area contributed by atoms with Crippen LogP contribution in [0.3, 0.4) is 0 Å². The Labute approximate surface area is 135 Å². The largest absolute Gasteiger partial charge is 0.390 e. The Morgan fingerprint density at radius 2 is 2.30 bits per heavy atom. The molecule has 6 nitrogen and oxygen atoms in total. The van der Waals surface area contributed by atoms with Crippen LogP contribution in [0.2, 0.25) is 0 Å². The van der Waals surface area contributed by atoms with Crippen molar-refractivity contribution >= 4 is 5.91 Å². The molecule has 3 rings (SSSR count). The molecule has 1 saturated carbocycles. The molecule has 3 atom stereocenters. The minimum Gasteiger partial charge on any atom is -0.390 e. The Hall–Kier alpha value is -1.69. The van der Waals surface area contributed by atoms with Gasteiger partial charge in [0.2, 0.25) is 5.91 Å². The molecule has 0 radical (unpaired) electrons. The fourth-order valence-corrected chi connectivity index (χ4v) is 4.18. The first-order valence-corrected chi connectivity index (χ1v) is 8.56. The summed E-state index contributed by atoms with van der Waals surface area (Å²) < 4.78 is 0. The number of rotatable bonds is 4. The summed E-state index contributed by atoms with van der Waals surface area (Å²) in [4.78, 5) is 25.4. The lowest BCUT2D eigenvalue weighted by Gasteiger charge is -2.40. The lowest BCUT2D eigenvalue weighted by atomic mass is 9.69. The molecule has 0 aromatic carbocycles. The van der Waals surface area contributed by atoms with E-state index in [2.05, 4.69) is 10.2 Å². The molecule has 23 heavy (non-hydrogen) atoms. The summed E-state index contributed by atoms with van der Waals surface area (Å²) >= 11 is 0. The van der Waals surface area contributed by atoms with Crippen molar-refractivity contribution in [1.29, 1.82) is 0 Å². The predicted molar refractivity (Wildman–Crippen MR) is 85.8 cm³/mol. The molecular weight excluding hydrogens is 294 g/mol. The second-order valence-electron chi connectivity index (χ2n) is 6.93. The number of carbonyl (C=O) groups excluding carboxylic acids is 1. The van der Waals surface area contributed by atoms with Crippen LogP contribution < -0.4 is 5.56 Å². The zero-order chi connectivity index (χ0) is 16.4. The van der Waals surface area contributed by atoms with Crippen LogP contribution in [0.25, 0.3) is 0 Å². The van der Waals surface area contributed by atoms with E-state index in [-0.39, 0.29) is 17.4 Å². The summed E-state index contributed by atoms with van der Waals surface area (Å²) in [5.74, 6) is 0.770. The van der Waals surface area contributed by atoms with Crippen molar-refractivity contribution in [2.75, 3.05) is 13.1 Å². The Balaban J connectivity index is 1.58. The zero-order valence-electron chi connectivity index (χ0n) is 13.6. The maximum atomic E-state index is 12.5. The third-order valence-electron chi connectivity index (χ3n) is 5.61. The summed E-state index contributed by atoms with van der Waals surface area (Å²) in [5, 5.41) is 17.1. The van der Waals surface area contributed by atoms with Gasteiger partial charge in [0.05, 0.1) is 11.3 Å². The molecule has 2 N–H and O–H groups in total. The number of aromatic amines is 1. The van der Waals surface area contributed by atoms with Gasteiger partial charge in [-0.2, -0.15) is 5.10 Å². The zero-order valence-corrected chi connectivity index (χ0v) is 13.6. The Morgan fingerprint density at radius 1 is 1.48 bits per heavy atom. The second kappa shape index (κ2) is 6.43. The number of hydrogen-bond acceptors (Lipinski definition) is 4. The van der Waals surface area contributed by atoms with Gasteiger partial charge in [0.25, 0.3) is 5.56 Å². The van der Waals surface area contributed by atoms with Gasteiger partial charge in [0.1, 0.15) is 0 Å². The van der Waals surface area contributed by atoms with E-state index in [9.17, 15) is 14.7 Å². The minimum atomic E-state index is -0.599. The van der Waals surface area contributed by atoms with Gasteiger partial charge < -0.3 is 10.0 Å². The molecule has 2 heterocycles. The number of aliphatic hydroxyl groups is 1. The highest BCUT2D eigenvalue weighted by atomic mass is 16.3. The number of aromatic nitrogens is 2. The average Bonchev–Trinajstić information content (AvgIpc) is 3.00. The smallest absolute Gasteiger partial charge is 0.264 e. The van der Waals surface area contributed by atoms with E-state index in [0.717, 1.165) is 37.9 Å². The van der Waals surface area contributed by atoms with Crippen LogP contribution in [-0.2, 0) is 11.2 Å². The van der Waals surface area contributed by atoms with E-state index in [4.69, 9.17) is 0 Å². The van der Waals surface area contributed by atoms with Crippen molar-refractivity contribution < 1.29 is 9.90 Å². The molecule has 1 aromatic rings. The number of carbonyl (C=O) groups is 1. The summed E-state index contributed by atoms with van der Waals surface area (Å²) in [6.45, 7) is 3.48. The Morgan fingerprint density at radius 3 is 3.00 bits per heavy atom. The fraction of sp³-hybridized carbons (Fsp3) is 0.706. The first-order chi connectivity index (χ1) is 11.0. The van der Waals surface area contributed by atoms with Gasteiger partial charge in [-0.25, -0.2) is 5.10 Å². The van der Waals surface area contributed by atoms with Gasteiger partial charge in [0, 0.05) is 37.9 Å². The van der Waals surface area contributed by atoms with Crippen LogP contribution in [0, 0.1) is 11.8 Å². The standard InChI is InChI=1S/C17H25N3O3/c1-2-17(23)9-3-4-12-10-20(11-14(12)17)16(22)8-6-13-5-7-15(21)19-18-13/h5,7,12,14,23H,2-4,6,8-11H2,1H3,(H,19,21)/t12-,14+,17-/m0/s1. The topological polar surface area (TPSA) is 86.3 Å². The summed E-state index contributed by atoms with van der Waals surface area (Å²) in [5.41, 5.74) is -0.111. The molecule has 126 valence electrons. The molecule has 1 aliphatic carbocycles. The first-order valence-electron chi connectivity index (χ1n) is 8.56. The monoisotopic (exact) mass is 319 g/mol. The molecular formula is C17H25N3O3. The fourth-order valence-electron chi connectivity index (χ4n) is 4.18. The number of likely N-dealkylation sites (tertiary alicyclic amines) is 1. The molecule has 1 saturated heterocycles. The number of nitrogens with one attached hydrogen (secondary N) is 1. The van der Waals surface area contributed by atoms with E-state index in [0.29, 0.717) is 25.3 Å². The highest BCUT2D eigenvalue weighted by Gasteiger charge is 2.48. The maximum absolute atomic E-state index is 12.5. The highest BCUT2D eigenvalue weighted by molar-refractivity contribution is 5.76. The van der Waals surface area contributed by atoms with Crippen molar-refractivity contribution in [3.05, 3.63) is 28.2 Å². The average molecular weight is 319 g/mol. The molecule has 1 aliphatic heterocycles. The van der Waals surface area contributed by atoms with Crippen LogP contribution in [-0.4, -0.2) is 44.8 Å². The minimum absolute atomic E-state index is 0.117. The number of hydrogen-bond donors (Lipinski definition) is 2. The van der Waals surface area contributed by atoms with Crippen molar-refractivity contribution in [2.24, 2.45) is 11.8 Å². The van der Waals surface area contributed by atoms with Gasteiger partial charge in [0.15, 0.2) is 0 Å². The molecule has 1 aromatic heterocycles. The van der Waals surface area contributed by atoms with E-state index in [1.54, 1.807) is 6.07 Å². The van der Waals surface area contributed by atoms with Crippen LogP contribution in [0.1, 0.15) is 44.7 Å². The number of nitrogens with zero attached hydrogens (tertiary/aromatic N) is 2. The van der Waals surface area contributed by atoms with E-state index in [1.807, 2.05) is 11.8 Å². The van der Waals surface area contributed by atoms with Gasteiger partial charge in [-0.3, -0.25) is 9.59 Å². The molecule has 6 heteroatoms. The number of aryl methyl sites for hydroxylation is 1. The highest BCUT2D eigenvalue weighted by Crippen LogP contribution is 2.44. The molecule has 0 bridgehead atoms. The molecule has 0 unspecified atom stereocenters. The van der Waals surface area contributed by atoms with Crippen molar-refractivity contribution in [2.45, 2.75) is 51.0 Å². The third kappa shape index (κ3) is 3.32.